The molecule has 2 nitrogen and oxygen atoms in total. The first-order chi connectivity index (χ1) is 10.2. The van der Waals surface area contributed by atoms with Gasteiger partial charge in [-0.3, -0.25) is 0 Å². The summed E-state index contributed by atoms with van der Waals surface area (Å²) in [6.07, 6.45) is 0. The maximum Gasteiger partial charge on any atom is 0.409 e. The smallest absolute Gasteiger partial charge is 0.388 e. The molecule has 0 N–H and O–H groups in total. The molecule has 112 valence electrons. The first-order valence-electron chi connectivity index (χ1n) is 6.93. The molecule has 0 saturated carbocycles. The van der Waals surface area contributed by atoms with Crippen molar-refractivity contribution in [2.45, 2.75) is 13.8 Å². The number of hydrogen-bond donors (Lipinski definition) is 0. The van der Waals surface area contributed by atoms with Gasteiger partial charge in [-0.15, -0.1) is 0 Å². The van der Waals surface area contributed by atoms with E-state index < -0.39 is 8.56 Å². The molecule has 0 unspecified atom stereocenters. The summed E-state index contributed by atoms with van der Waals surface area (Å²) in [6, 6.07) is 16.7. The van der Waals surface area contributed by atoms with Crippen LogP contribution >= 0.6 is 45.2 Å². The highest BCUT2D eigenvalue weighted by atomic mass is 127. The van der Waals surface area contributed by atoms with Crippen molar-refractivity contribution in [2.75, 3.05) is 13.2 Å². The van der Waals surface area contributed by atoms with Gasteiger partial charge in [-0.25, -0.2) is 0 Å². The molecular weight excluding hydrogens is 506 g/mol. The van der Waals surface area contributed by atoms with Crippen LogP contribution in [0.5, 0.6) is 0 Å². The first-order valence-corrected chi connectivity index (χ1v) is 10.9. The highest BCUT2D eigenvalue weighted by molar-refractivity contribution is 14.1. The monoisotopic (exact) mass is 524 g/mol. The average molecular weight is 524 g/mol. The molecule has 0 radical (unpaired) electrons. The summed E-state index contributed by atoms with van der Waals surface area (Å²) < 4.78 is 15.0. The quantitative estimate of drug-likeness (QED) is 0.426. The average Bonchev–Trinajstić information content (AvgIpc) is 2.48. The Morgan fingerprint density at radius 1 is 0.810 bits per heavy atom. The Hall–Kier alpha value is 0.0369. The van der Waals surface area contributed by atoms with Crippen molar-refractivity contribution < 1.29 is 8.85 Å². The van der Waals surface area contributed by atoms with Crippen LogP contribution in [0.4, 0.5) is 0 Å². The fourth-order valence-electron chi connectivity index (χ4n) is 2.37. The molecule has 2 aromatic rings. The Kier molecular flexibility index (Phi) is 6.67. The van der Waals surface area contributed by atoms with E-state index in [4.69, 9.17) is 8.85 Å². The standard InChI is InChI=1S/C16H18I2O2Si/c1-3-19-21(20-4-2,13-9-6-5-7-10-13)16-14(17)11-8-12-15(16)18/h5-12H,3-4H2,1-2H3. The topological polar surface area (TPSA) is 18.5 Å². The van der Waals surface area contributed by atoms with E-state index in [9.17, 15) is 0 Å². The van der Waals surface area contributed by atoms with Gasteiger partial charge in [0, 0.05) is 25.5 Å². The largest absolute Gasteiger partial charge is 0.409 e. The van der Waals surface area contributed by atoms with Crippen LogP contribution in [0.1, 0.15) is 13.8 Å². The maximum atomic E-state index is 6.31. The van der Waals surface area contributed by atoms with E-state index in [0.29, 0.717) is 13.2 Å². The highest BCUT2D eigenvalue weighted by Gasteiger charge is 2.45. The van der Waals surface area contributed by atoms with E-state index in [1.165, 1.54) is 12.3 Å². The Balaban J connectivity index is 2.70. The summed E-state index contributed by atoms with van der Waals surface area (Å²) in [5.41, 5.74) is 0. The van der Waals surface area contributed by atoms with Gasteiger partial charge in [-0.2, -0.15) is 0 Å². The van der Waals surface area contributed by atoms with E-state index in [1.54, 1.807) is 0 Å². The number of hydrogen-bond acceptors (Lipinski definition) is 2. The van der Waals surface area contributed by atoms with Gasteiger partial charge in [0.15, 0.2) is 0 Å². The molecule has 21 heavy (non-hydrogen) atoms. The zero-order chi connectivity index (χ0) is 15.3. The molecular formula is C16H18I2O2Si. The molecule has 0 aromatic heterocycles. The molecule has 0 aliphatic heterocycles. The van der Waals surface area contributed by atoms with Gasteiger partial charge in [-0.1, -0.05) is 36.4 Å². The van der Waals surface area contributed by atoms with Crippen LogP contribution < -0.4 is 10.4 Å². The van der Waals surface area contributed by atoms with Crippen LogP contribution in [-0.4, -0.2) is 21.8 Å². The summed E-state index contributed by atoms with van der Waals surface area (Å²) in [7, 11) is -2.65. The van der Waals surface area contributed by atoms with Gasteiger partial charge in [-0.05, 0) is 76.3 Å². The van der Waals surface area contributed by atoms with E-state index in [2.05, 4.69) is 87.6 Å². The van der Waals surface area contributed by atoms with E-state index in [0.717, 1.165) is 5.19 Å². The third-order valence-electron chi connectivity index (χ3n) is 3.14. The van der Waals surface area contributed by atoms with Crippen LogP contribution in [-0.2, 0) is 8.85 Å². The molecule has 0 bridgehead atoms. The van der Waals surface area contributed by atoms with Crippen LogP contribution in [0.15, 0.2) is 48.5 Å². The molecule has 0 spiro atoms. The van der Waals surface area contributed by atoms with Crippen LogP contribution in [0.25, 0.3) is 0 Å². The highest BCUT2D eigenvalue weighted by Crippen LogP contribution is 2.18. The number of benzene rings is 2. The zero-order valence-corrected chi connectivity index (χ0v) is 17.4. The Bertz CT molecular complexity index is 564. The second-order valence-corrected chi connectivity index (χ2v) is 9.66. The van der Waals surface area contributed by atoms with Gasteiger partial charge < -0.3 is 8.85 Å². The minimum atomic E-state index is -2.65. The van der Waals surface area contributed by atoms with E-state index in [1.807, 2.05) is 19.9 Å². The molecule has 0 atom stereocenters. The van der Waals surface area contributed by atoms with Crippen molar-refractivity contribution >= 4 is 64.1 Å². The van der Waals surface area contributed by atoms with Gasteiger partial charge in [0.05, 0.1) is 0 Å². The normalized spacial score (nSPS) is 11.6. The predicted octanol–water partition coefficient (Wildman–Crippen LogP) is 3.53. The van der Waals surface area contributed by atoms with Crippen LogP contribution in [0.2, 0.25) is 0 Å². The third kappa shape index (κ3) is 3.69. The van der Waals surface area contributed by atoms with Gasteiger partial charge in [0.2, 0.25) is 0 Å². The lowest BCUT2D eigenvalue weighted by molar-refractivity contribution is 0.208. The van der Waals surface area contributed by atoms with Crippen molar-refractivity contribution in [1.29, 1.82) is 0 Å². The Morgan fingerprint density at radius 2 is 1.33 bits per heavy atom. The predicted molar refractivity (Wildman–Crippen MR) is 107 cm³/mol. The molecule has 2 rings (SSSR count). The number of rotatable bonds is 6. The third-order valence-corrected chi connectivity index (χ3v) is 9.64. The van der Waals surface area contributed by atoms with Gasteiger partial charge >= 0.3 is 8.56 Å². The van der Waals surface area contributed by atoms with Crippen LogP contribution in [0, 0.1) is 7.14 Å². The fraction of sp³-hybridized carbons (Fsp3) is 0.250. The lowest BCUT2D eigenvalue weighted by Gasteiger charge is -2.32. The SMILES string of the molecule is CCO[Si](OCC)(c1ccccc1)c1c(I)cccc1I. The van der Waals surface area contributed by atoms with E-state index in [-0.39, 0.29) is 0 Å². The lowest BCUT2D eigenvalue weighted by atomic mass is 10.4. The van der Waals surface area contributed by atoms with Crippen molar-refractivity contribution in [3.8, 4) is 0 Å². The molecule has 2 aromatic carbocycles. The number of halogens is 2. The van der Waals surface area contributed by atoms with E-state index >= 15 is 0 Å². The molecule has 0 fully saturated rings. The minimum absolute atomic E-state index is 0.641. The summed E-state index contributed by atoms with van der Waals surface area (Å²) in [5, 5.41) is 2.39. The van der Waals surface area contributed by atoms with Crippen molar-refractivity contribution in [3.63, 3.8) is 0 Å². The fourth-order valence-corrected chi connectivity index (χ4v) is 9.25. The van der Waals surface area contributed by atoms with Crippen molar-refractivity contribution in [2.24, 2.45) is 0 Å². The molecule has 0 amide bonds. The summed E-state index contributed by atoms with van der Waals surface area (Å²) >= 11 is 4.77. The second kappa shape index (κ2) is 8.05. The van der Waals surface area contributed by atoms with Crippen molar-refractivity contribution in [1.82, 2.24) is 0 Å². The zero-order valence-electron chi connectivity index (χ0n) is 12.1. The molecule has 0 aliphatic rings. The molecule has 0 heterocycles. The second-order valence-electron chi connectivity index (χ2n) is 4.45. The Morgan fingerprint density at radius 3 is 1.81 bits per heavy atom. The summed E-state index contributed by atoms with van der Waals surface area (Å²) in [5.74, 6) is 0. The molecule has 0 saturated heterocycles. The molecule has 5 heteroatoms. The summed E-state index contributed by atoms with van der Waals surface area (Å²) in [4.78, 5) is 0. The van der Waals surface area contributed by atoms with Crippen LogP contribution in [0.3, 0.4) is 0 Å². The minimum Gasteiger partial charge on any atom is -0.388 e. The Labute approximate surface area is 154 Å². The lowest BCUT2D eigenvalue weighted by Crippen LogP contribution is -2.65. The maximum absolute atomic E-state index is 6.31. The van der Waals surface area contributed by atoms with Crippen molar-refractivity contribution in [3.05, 3.63) is 55.7 Å². The van der Waals surface area contributed by atoms with Gasteiger partial charge in [0.1, 0.15) is 0 Å². The van der Waals surface area contributed by atoms with Gasteiger partial charge in [0.25, 0.3) is 0 Å². The summed E-state index contributed by atoms with van der Waals surface area (Å²) in [6.45, 7) is 5.35. The molecule has 0 aliphatic carbocycles. The first kappa shape index (κ1) is 17.4.